The molecule has 0 aliphatic rings. The molecule has 2 aromatic rings. The third-order valence-corrected chi connectivity index (χ3v) is 4.12. The van der Waals surface area contributed by atoms with E-state index in [1.54, 1.807) is 33.9 Å². The van der Waals surface area contributed by atoms with Gasteiger partial charge in [0.25, 0.3) is 5.91 Å². The van der Waals surface area contributed by atoms with Crippen LogP contribution in [0, 0.1) is 0 Å². The van der Waals surface area contributed by atoms with Crippen LogP contribution in [0.25, 0.3) is 11.1 Å². The van der Waals surface area contributed by atoms with Gasteiger partial charge in [-0.1, -0.05) is 23.7 Å². The van der Waals surface area contributed by atoms with E-state index in [-0.39, 0.29) is 11.4 Å². The second-order valence-corrected chi connectivity index (χ2v) is 6.73. The molecule has 1 aromatic heterocycles. The minimum Gasteiger partial charge on any atom is -0.506 e. The van der Waals surface area contributed by atoms with Crippen LogP contribution in [0.4, 0.5) is 0 Å². The Morgan fingerprint density at radius 2 is 1.88 bits per heavy atom. The zero-order valence-corrected chi connectivity index (χ0v) is 15.1. The molecule has 0 radical (unpaired) electrons. The molecular weight excluding hydrogens is 339 g/mol. The molecule has 0 bridgehead atoms. The number of nitrogens with zero attached hydrogens (tertiary/aromatic N) is 1. The Kier molecular flexibility index (Phi) is 5.23. The number of nitrogens with one attached hydrogen (secondary N) is 1. The van der Waals surface area contributed by atoms with Crippen LogP contribution in [-0.4, -0.2) is 63.8 Å². The van der Waals surface area contributed by atoms with Gasteiger partial charge in [0.1, 0.15) is 29.3 Å². The number of benzene rings is 1. The minimum absolute atomic E-state index is 0.213. The van der Waals surface area contributed by atoms with Gasteiger partial charge in [0.05, 0.1) is 5.34 Å². The fourth-order valence-corrected chi connectivity index (χ4v) is 2.66. The van der Waals surface area contributed by atoms with E-state index in [0.29, 0.717) is 21.6 Å². The van der Waals surface area contributed by atoms with Crippen molar-refractivity contribution in [1.29, 1.82) is 0 Å². The molecule has 124 valence electrons. The molecular formula is C14H15B4ClN2O4. The van der Waals surface area contributed by atoms with Crippen molar-refractivity contribution in [2.75, 3.05) is 0 Å². The highest BCUT2D eigenvalue weighted by atomic mass is 35.5. The first-order chi connectivity index (χ1) is 11.5. The van der Waals surface area contributed by atoms with E-state index in [1.807, 2.05) is 6.07 Å². The Balaban J connectivity index is 2.51. The summed E-state index contributed by atoms with van der Waals surface area (Å²) in [5.74, 6) is -2.24. The van der Waals surface area contributed by atoms with Crippen LogP contribution >= 0.6 is 11.6 Å². The van der Waals surface area contributed by atoms with Crippen LogP contribution in [0.5, 0.6) is 5.75 Å². The molecule has 1 amide bonds. The molecule has 1 aromatic carbocycles. The fraction of sp³-hybridized carbons (Fsp3) is 0.0714. The molecule has 1 heterocycles. The van der Waals surface area contributed by atoms with Crippen molar-refractivity contribution >= 4 is 65.9 Å². The van der Waals surface area contributed by atoms with Crippen molar-refractivity contribution < 1.29 is 19.8 Å². The summed E-state index contributed by atoms with van der Waals surface area (Å²) < 4.78 is 0. The lowest BCUT2D eigenvalue weighted by Crippen LogP contribution is -2.56. The van der Waals surface area contributed by atoms with Gasteiger partial charge in [-0.05, 0) is 28.7 Å². The molecule has 11 heteroatoms. The van der Waals surface area contributed by atoms with Crippen LogP contribution in [-0.2, 0) is 4.79 Å². The van der Waals surface area contributed by atoms with Crippen molar-refractivity contribution in [3.63, 3.8) is 0 Å². The van der Waals surface area contributed by atoms with Gasteiger partial charge in [-0.25, -0.2) is 0 Å². The number of aliphatic carboxylic acids is 1. The first-order valence-electron chi connectivity index (χ1n) is 7.56. The molecule has 0 aliphatic heterocycles. The number of carbonyl (C=O) groups is 2. The smallest absolute Gasteiger partial charge is 0.311 e. The zero-order chi connectivity index (χ0) is 18.9. The molecule has 25 heavy (non-hydrogen) atoms. The number of pyridine rings is 1. The number of amides is 1. The highest BCUT2D eigenvalue weighted by Gasteiger charge is 2.31. The second-order valence-electron chi connectivity index (χ2n) is 6.29. The number of hydrogen-bond donors (Lipinski definition) is 3. The maximum Gasteiger partial charge on any atom is 0.311 e. The monoisotopic (exact) mass is 354 g/mol. The summed E-state index contributed by atoms with van der Waals surface area (Å²) >= 11 is 6.02. The summed E-state index contributed by atoms with van der Waals surface area (Å²) in [6.45, 7) is 0. The van der Waals surface area contributed by atoms with Gasteiger partial charge in [-0.15, -0.1) is 0 Å². The topological polar surface area (TPSA) is 99.5 Å². The summed E-state index contributed by atoms with van der Waals surface area (Å²) in [4.78, 5) is 27.7. The van der Waals surface area contributed by atoms with Gasteiger partial charge < -0.3 is 15.5 Å². The summed E-state index contributed by atoms with van der Waals surface area (Å²) in [6, 6.07) is 7.09. The number of rotatable bonds is 4. The van der Waals surface area contributed by atoms with Crippen molar-refractivity contribution in [2.24, 2.45) is 0 Å². The molecule has 0 aliphatic carbocycles. The molecule has 6 nitrogen and oxygen atoms in total. The molecule has 0 saturated heterocycles. The van der Waals surface area contributed by atoms with Crippen molar-refractivity contribution in [3.05, 3.63) is 35.0 Å². The van der Waals surface area contributed by atoms with E-state index in [9.17, 15) is 14.7 Å². The molecule has 0 unspecified atom stereocenters. The van der Waals surface area contributed by atoms with E-state index in [2.05, 4.69) is 10.3 Å². The van der Waals surface area contributed by atoms with Gasteiger partial charge >= 0.3 is 5.97 Å². The van der Waals surface area contributed by atoms with E-state index in [4.69, 9.17) is 16.7 Å². The quantitative estimate of drug-likeness (QED) is 0.492. The van der Waals surface area contributed by atoms with Crippen molar-refractivity contribution in [1.82, 2.24) is 10.3 Å². The molecule has 0 spiro atoms. The van der Waals surface area contributed by atoms with Crippen molar-refractivity contribution in [2.45, 2.75) is 5.34 Å². The third-order valence-electron chi connectivity index (χ3n) is 3.88. The summed E-state index contributed by atoms with van der Waals surface area (Å²) in [5.41, 5.74) is 2.22. The molecule has 0 fully saturated rings. The largest absolute Gasteiger partial charge is 0.506 e. The normalized spacial score (nSPS) is 11.1. The molecule has 0 atom stereocenters. The Bertz CT molecular complexity index is 876. The molecule has 0 saturated carbocycles. The Morgan fingerprint density at radius 1 is 1.24 bits per heavy atom. The van der Waals surface area contributed by atoms with E-state index in [1.165, 1.54) is 15.7 Å². The van der Waals surface area contributed by atoms with Gasteiger partial charge in [-0.3, -0.25) is 14.6 Å². The summed E-state index contributed by atoms with van der Waals surface area (Å²) in [5, 5.41) is 21.0. The number of carboxylic acids is 1. The number of aromatic hydroxyl groups is 1. The Labute approximate surface area is 153 Å². The van der Waals surface area contributed by atoms with Gasteiger partial charge in [0.2, 0.25) is 0 Å². The lowest BCUT2D eigenvalue weighted by atomic mass is 9.62. The average Bonchev–Trinajstić information content (AvgIpc) is 2.50. The lowest BCUT2D eigenvalue weighted by Gasteiger charge is -2.22. The van der Waals surface area contributed by atoms with Crippen LogP contribution in [0.2, 0.25) is 5.02 Å². The lowest BCUT2D eigenvalue weighted by molar-refractivity contribution is -0.138. The average molecular weight is 354 g/mol. The SMILES string of the molecule is Bc1nc(C(=O)NC(B)(B)C(=O)O)c(O)c(B)c1-c1cccc(Cl)c1. The van der Waals surface area contributed by atoms with E-state index < -0.39 is 17.2 Å². The van der Waals surface area contributed by atoms with Crippen LogP contribution < -0.4 is 16.4 Å². The van der Waals surface area contributed by atoms with Crippen LogP contribution in [0.3, 0.4) is 0 Å². The number of aromatic nitrogens is 1. The maximum atomic E-state index is 12.4. The third kappa shape index (κ3) is 3.85. The zero-order valence-electron chi connectivity index (χ0n) is 14.3. The van der Waals surface area contributed by atoms with Crippen LogP contribution in [0.1, 0.15) is 10.5 Å². The highest BCUT2D eigenvalue weighted by molar-refractivity contribution is 6.51. The predicted molar refractivity (Wildman–Crippen MR) is 108 cm³/mol. The van der Waals surface area contributed by atoms with Gasteiger partial charge in [0, 0.05) is 10.6 Å². The maximum absolute atomic E-state index is 12.4. The molecule has 3 N–H and O–H groups in total. The number of carbonyl (C=O) groups excluding carboxylic acids is 1. The Hall–Kier alpha value is -2.34. The summed E-state index contributed by atoms with van der Waals surface area (Å²) in [6.07, 6.45) is 0. The first-order valence-corrected chi connectivity index (χ1v) is 7.94. The van der Waals surface area contributed by atoms with E-state index in [0.717, 1.165) is 5.56 Å². The number of halogens is 1. The molecule has 2 rings (SSSR count). The summed E-state index contributed by atoms with van der Waals surface area (Å²) in [7, 11) is 6.08. The van der Waals surface area contributed by atoms with Gasteiger partial charge in [-0.2, -0.15) is 0 Å². The van der Waals surface area contributed by atoms with Gasteiger partial charge in [0.15, 0.2) is 13.5 Å². The Morgan fingerprint density at radius 3 is 2.44 bits per heavy atom. The standard InChI is InChI=1S/C14H15B4ClN2O4/c15-8-7(5-2-1-3-6(19)4-5)11(16)20-9(10(8)22)12(23)21-14(17,18)13(24)25/h1-4,22H,15-18H2,(H,21,23)(H,24,25). The minimum atomic E-state index is -1.49. The van der Waals surface area contributed by atoms with E-state index >= 15 is 0 Å². The second kappa shape index (κ2) is 6.88. The van der Waals surface area contributed by atoms with Crippen molar-refractivity contribution in [3.8, 4) is 16.9 Å². The number of carboxylic acid groups (broad SMARTS) is 1. The predicted octanol–water partition coefficient (Wildman–Crippen LogP) is -3.64. The fourth-order valence-electron chi connectivity index (χ4n) is 2.47. The highest BCUT2D eigenvalue weighted by Crippen LogP contribution is 2.23. The number of hydrogen-bond acceptors (Lipinski definition) is 4. The first kappa shape index (κ1) is 19.0. The van der Waals surface area contributed by atoms with Crippen LogP contribution in [0.15, 0.2) is 24.3 Å².